The van der Waals surface area contributed by atoms with E-state index in [2.05, 4.69) is 143 Å². The number of para-hydroxylation sites is 2. The summed E-state index contributed by atoms with van der Waals surface area (Å²) in [5.41, 5.74) is 14.4. The molecule has 0 unspecified atom stereocenters. The van der Waals surface area contributed by atoms with E-state index in [1.54, 1.807) is 18.2 Å². The van der Waals surface area contributed by atoms with Crippen molar-refractivity contribution in [1.82, 2.24) is 19.5 Å². The Morgan fingerprint density at radius 2 is 1.41 bits per heavy atom. The minimum Gasteiger partial charge on any atom is -0.557 e. The van der Waals surface area contributed by atoms with Crippen molar-refractivity contribution >= 4 is 22.0 Å². The molecule has 58 heavy (non-hydrogen) atoms. The molecule has 1 radical (unpaired) electrons. The van der Waals surface area contributed by atoms with Crippen LogP contribution in [0.3, 0.4) is 0 Å². The monoisotopic (exact) mass is 930 g/mol. The Kier molecular flexibility index (Phi) is 10.2. The van der Waals surface area contributed by atoms with Crippen molar-refractivity contribution in [1.29, 1.82) is 0 Å². The zero-order chi connectivity index (χ0) is 41.1. The molecule has 0 aliphatic heterocycles. The SMILES string of the molecule is Cc1cc(-c2ccccc2)c(-n2c(-c3[c-]oc4ccc(Cc5ccccn5)cc34)nc3ccccc32)c(-c2ccccc2)c1.[2H]C([2H])([2H])c1ccc(-c2[c-]cccc2)nc1.[Ir]. The van der Waals surface area contributed by atoms with Crippen LogP contribution in [0.25, 0.3) is 72.6 Å². The molecule has 0 bridgehead atoms. The molecule has 0 amide bonds. The second kappa shape index (κ2) is 17.2. The molecule has 283 valence electrons. The second-order valence-electron chi connectivity index (χ2n) is 13.8. The molecular weight excluding hydrogens is 889 g/mol. The van der Waals surface area contributed by atoms with Crippen molar-refractivity contribution < 1.29 is 28.6 Å². The molecule has 10 rings (SSSR count). The van der Waals surface area contributed by atoms with Crippen LogP contribution in [0.4, 0.5) is 0 Å². The van der Waals surface area contributed by atoms with Crippen molar-refractivity contribution in [2.75, 3.05) is 0 Å². The van der Waals surface area contributed by atoms with Crippen LogP contribution in [0, 0.1) is 26.1 Å². The van der Waals surface area contributed by atoms with Crippen molar-refractivity contribution in [3.05, 3.63) is 217 Å². The Bertz CT molecular complexity index is 2980. The van der Waals surface area contributed by atoms with E-state index in [0.717, 1.165) is 90.3 Å². The van der Waals surface area contributed by atoms with Crippen LogP contribution in [0.15, 0.2) is 187 Å². The number of hydrogen-bond acceptors (Lipinski definition) is 4. The average Bonchev–Trinajstić information content (AvgIpc) is 3.88. The zero-order valence-electron chi connectivity index (χ0n) is 34.6. The van der Waals surface area contributed by atoms with Gasteiger partial charge in [0.25, 0.3) is 0 Å². The smallest absolute Gasteiger partial charge is 0.0774 e. The summed E-state index contributed by atoms with van der Waals surface area (Å²) in [6.45, 7) is 0.0714. The van der Waals surface area contributed by atoms with Gasteiger partial charge in [-0.2, -0.15) is 0 Å². The van der Waals surface area contributed by atoms with Gasteiger partial charge in [0.1, 0.15) is 0 Å². The Labute approximate surface area is 356 Å². The van der Waals surface area contributed by atoms with Gasteiger partial charge in [0.15, 0.2) is 0 Å². The first-order valence-electron chi connectivity index (χ1n) is 20.3. The van der Waals surface area contributed by atoms with Gasteiger partial charge >= 0.3 is 0 Å². The van der Waals surface area contributed by atoms with E-state index < -0.39 is 6.85 Å². The molecule has 6 heteroatoms. The summed E-state index contributed by atoms with van der Waals surface area (Å²) in [6.07, 6.45) is 7.21. The molecule has 0 saturated carbocycles. The van der Waals surface area contributed by atoms with Gasteiger partial charge in [-0.3, -0.25) is 9.97 Å². The summed E-state index contributed by atoms with van der Waals surface area (Å²) < 4.78 is 30.0. The maximum atomic E-state index is 7.23. The third kappa shape index (κ3) is 7.94. The van der Waals surface area contributed by atoms with Crippen LogP contribution < -0.4 is 0 Å². The van der Waals surface area contributed by atoms with Crippen molar-refractivity contribution in [3.8, 4) is 50.6 Å². The maximum absolute atomic E-state index is 7.23. The van der Waals surface area contributed by atoms with E-state index in [-0.39, 0.29) is 25.7 Å². The van der Waals surface area contributed by atoms with Gasteiger partial charge < -0.3 is 14.0 Å². The Balaban J connectivity index is 0.000000255. The number of rotatable bonds is 7. The molecule has 5 nitrogen and oxygen atoms in total. The summed E-state index contributed by atoms with van der Waals surface area (Å²) in [5.74, 6) is 0.790. The van der Waals surface area contributed by atoms with E-state index in [1.807, 2.05) is 48.7 Å². The summed E-state index contributed by atoms with van der Waals surface area (Å²) >= 11 is 0. The van der Waals surface area contributed by atoms with Crippen LogP contribution >= 0.6 is 0 Å². The average molecular weight is 930 g/mol. The third-order valence-electron chi connectivity index (χ3n) is 9.87. The van der Waals surface area contributed by atoms with Gasteiger partial charge in [-0.15, -0.1) is 35.9 Å². The molecule has 0 saturated heterocycles. The van der Waals surface area contributed by atoms with E-state index in [1.165, 1.54) is 11.8 Å². The number of imidazole rings is 1. The number of fused-ring (bicyclic) bond motifs is 2. The van der Waals surface area contributed by atoms with Crippen LogP contribution in [0.1, 0.15) is 26.5 Å². The fraction of sp³-hybridized carbons (Fsp3) is 0.0577. The second-order valence-corrected chi connectivity index (χ2v) is 13.8. The van der Waals surface area contributed by atoms with Crippen LogP contribution in [0.2, 0.25) is 0 Å². The van der Waals surface area contributed by atoms with Gasteiger partial charge in [-0.1, -0.05) is 126 Å². The van der Waals surface area contributed by atoms with Crippen LogP contribution in [-0.4, -0.2) is 19.5 Å². The largest absolute Gasteiger partial charge is 0.557 e. The Morgan fingerprint density at radius 3 is 2.09 bits per heavy atom. The topological polar surface area (TPSA) is 56.7 Å². The number of nitrogens with zero attached hydrogens (tertiary/aromatic N) is 4. The zero-order valence-corrected chi connectivity index (χ0v) is 34.0. The van der Waals surface area contributed by atoms with Gasteiger partial charge in [-0.25, -0.2) is 0 Å². The minimum atomic E-state index is -2.09. The molecule has 0 aliphatic carbocycles. The third-order valence-corrected chi connectivity index (χ3v) is 9.87. The Hall–Kier alpha value is -6.72. The quantitative estimate of drug-likeness (QED) is 0.149. The Morgan fingerprint density at radius 1 is 0.690 bits per heavy atom. The van der Waals surface area contributed by atoms with Crippen molar-refractivity contribution in [2.24, 2.45) is 0 Å². The fourth-order valence-electron chi connectivity index (χ4n) is 7.23. The molecule has 0 N–H and O–H groups in total. The first-order valence-corrected chi connectivity index (χ1v) is 18.8. The first-order chi connectivity index (χ1) is 29.3. The standard InChI is InChI=1S/C40H28N3O.C12H10N.Ir/c1-27-22-32(29-12-4-2-5-13-29)39(33(23-27)30-14-6-3-7-15-30)43-37-18-9-8-17-36(37)42-40(43)35-26-44-38-20-19-28(25-34(35)38)24-31-16-10-11-21-41-31;1-10-7-8-12(13-9-10)11-5-3-2-4-6-11;/h2-23,25H,24H2,1H3;2-5,7-9H,1H3;/q2*-1;/i;1D3;. The van der Waals surface area contributed by atoms with E-state index in [0.29, 0.717) is 0 Å². The number of pyridine rings is 2. The van der Waals surface area contributed by atoms with Crippen LogP contribution in [-0.2, 0) is 26.5 Å². The van der Waals surface area contributed by atoms with E-state index >= 15 is 0 Å². The summed E-state index contributed by atoms with van der Waals surface area (Å²) in [6, 6.07) is 60.2. The van der Waals surface area contributed by atoms with Crippen molar-refractivity contribution in [3.63, 3.8) is 0 Å². The number of hydrogen-bond donors (Lipinski definition) is 0. The predicted octanol–water partition coefficient (Wildman–Crippen LogP) is 12.7. The number of aryl methyl sites for hydroxylation is 2. The summed E-state index contributed by atoms with van der Waals surface area (Å²) in [7, 11) is 0. The van der Waals surface area contributed by atoms with Crippen LogP contribution in [0.5, 0.6) is 0 Å². The molecule has 4 heterocycles. The summed E-state index contributed by atoms with van der Waals surface area (Å²) in [5, 5.41) is 0.977. The molecule has 4 aromatic heterocycles. The predicted molar refractivity (Wildman–Crippen MR) is 231 cm³/mol. The van der Waals surface area contributed by atoms with Gasteiger partial charge in [0, 0.05) is 71.7 Å². The van der Waals surface area contributed by atoms with E-state index in [4.69, 9.17) is 13.5 Å². The molecular formula is C52H38IrN4O-2. The van der Waals surface area contributed by atoms with Gasteiger partial charge in [0.05, 0.1) is 22.5 Å². The molecule has 0 atom stereocenters. The number of aromatic nitrogens is 4. The van der Waals surface area contributed by atoms with Crippen molar-refractivity contribution in [2.45, 2.75) is 20.2 Å². The molecule has 0 spiro atoms. The van der Waals surface area contributed by atoms with Gasteiger partial charge in [-0.05, 0) is 78.1 Å². The maximum Gasteiger partial charge on any atom is 0.0774 e. The summed E-state index contributed by atoms with van der Waals surface area (Å²) in [4.78, 5) is 13.9. The number of furan rings is 1. The molecule has 6 aromatic carbocycles. The molecule has 0 aliphatic rings. The molecule has 10 aromatic rings. The normalized spacial score (nSPS) is 11.8. The van der Waals surface area contributed by atoms with Gasteiger partial charge in [0.2, 0.25) is 0 Å². The number of benzene rings is 6. The minimum absolute atomic E-state index is 0. The molecule has 0 fully saturated rings. The fourth-order valence-corrected chi connectivity index (χ4v) is 7.23. The first kappa shape index (κ1) is 34.5. The van der Waals surface area contributed by atoms with E-state index in [9.17, 15) is 0 Å².